The van der Waals surface area contributed by atoms with Gasteiger partial charge in [0.2, 0.25) is 0 Å². The zero-order chi connectivity index (χ0) is 21.7. The van der Waals surface area contributed by atoms with Crippen molar-refractivity contribution in [1.29, 1.82) is 0 Å². The van der Waals surface area contributed by atoms with Gasteiger partial charge in [0.1, 0.15) is 11.5 Å². The Bertz CT molecular complexity index is 1030. The van der Waals surface area contributed by atoms with Crippen LogP contribution in [0.25, 0.3) is 11.3 Å². The molecule has 156 valence electrons. The largest absolute Gasteiger partial charge is 0.497 e. The molecule has 0 unspecified atom stereocenters. The van der Waals surface area contributed by atoms with Crippen LogP contribution in [0.3, 0.4) is 0 Å². The number of methoxy groups -OCH3 is 2. The van der Waals surface area contributed by atoms with E-state index in [4.69, 9.17) is 9.47 Å². The third kappa shape index (κ3) is 4.74. The zero-order valence-corrected chi connectivity index (χ0v) is 18.6. The Kier molecular flexibility index (Phi) is 6.95. The minimum absolute atomic E-state index is 0.150. The third-order valence-electron chi connectivity index (χ3n) is 4.76. The molecule has 2 aromatic carbocycles. The molecule has 7 heteroatoms. The average molecular weight is 424 g/mol. The summed E-state index contributed by atoms with van der Waals surface area (Å²) in [5, 5.41) is 0.630. The molecule has 0 saturated carbocycles. The van der Waals surface area contributed by atoms with Crippen LogP contribution in [0.1, 0.15) is 21.5 Å². The van der Waals surface area contributed by atoms with Gasteiger partial charge in [-0.2, -0.15) is 0 Å². The van der Waals surface area contributed by atoms with Crippen molar-refractivity contribution >= 4 is 17.7 Å². The monoisotopic (exact) mass is 423 g/mol. The standard InChI is InChI=1S/C23H25N3O3S/c1-15-8-6-7-9-19(15)21-20(13-24-23(25-21)30-5)22(27)26(2)14-16-10-17(28-3)12-18(11-16)29-4/h6-13H,14H2,1-5H3. The summed E-state index contributed by atoms with van der Waals surface area (Å²) < 4.78 is 10.7. The van der Waals surface area contributed by atoms with Gasteiger partial charge in [0.25, 0.3) is 5.91 Å². The number of thioether (sulfide) groups is 1. The smallest absolute Gasteiger partial charge is 0.257 e. The van der Waals surface area contributed by atoms with Gasteiger partial charge >= 0.3 is 0 Å². The zero-order valence-electron chi connectivity index (χ0n) is 17.8. The Balaban J connectivity index is 1.96. The molecule has 0 aliphatic rings. The predicted molar refractivity (Wildman–Crippen MR) is 119 cm³/mol. The van der Waals surface area contributed by atoms with Crippen LogP contribution in [-0.4, -0.2) is 48.3 Å². The highest BCUT2D eigenvalue weighted by atomic mass is 32.2. The molecule has 0 saturated heterocycles. The van der Waals surface area contributed by atoms with E-state index in [-0.39, 0.29) is 5.91 Å². The van der Waals surface area contributed by atoms with Gasteiger partial charge in [-0.15, -0.1) is 0 Å². The van der Waals surface area contributed by atoms with Crippen molar-refractivity contribution in [3.05, 3.63) is 65.4 Å². The number of carbonyl (C=O) groups excluding carboxylic acids is 1. The van der Waals surface area contributed by atoms with Crippen molar-refractivity contribution in [2.24, 2.45) is 0 Å². The lowest BCUT2D eigenvalue weighted by Crippen LogP contribution is -2.27. The van der Waals surface area contributed by atoms with E-state index in [0.29, 0.717) is 34.5 Å². The summed E-state index contributed by atoms with van der Waals surface area (Å²) in [7, 11) is 4.97. The van der Waals surface area contributed by atoms with E-state index in [1.54, 1.807) is 38.4 Å². The van der Waals surface area contributed by atoms with Crippen molar-refractivity contribution in [1.82, 2.24) is 14.9 Å². The topological polar surface area (TPSA) is 64.5 Å². The number of benzene rings is 2. The highest BCUT2D eigenvalue weighted by molar-refractivity contribution is 7.98. The van der Waals surface area contributed by atoms with Crippen LogP contribution in [-0.2, 0) is 6.54 Å². The van der Waals surface area contributed by atoms with Gasteiger partial charge in [-0.1, -0.05) is 36.0 Å². The van der Waals surface area contributed by atoms with Gasteiger partial charge in [0, 0.05) is 31.4 Å². The van der Waals surface area contributed by atoms with E-state index >= 15 is 0 Å². The van der Waals surface area contributed by atoms with E-state index in [1.165, 1.54) is 11.8 Å². The van der Waals surface area contributed by atoms with E-state index in [0.717, 1.165) is 16.7 Å². The van der Waals surface area contributed by atoms with E-state index in [9.17, 15) is 4.79 Å². The molecule has 0 aliphatic heterocycles. The van der Waals surface area contributed by atoms with Crippen LogP contribution in [0.5, 0.6) is 11.5 Å². The van der Waals surface area contributed by atoms with E-state index in [2.05, 4.69) is 9.97 Å². The molecule has 30 heavy (non-hydrogen) atoms. The second-order valence-corrected chi connectivity index (χ2v) is 7.59. The highest BCUT2D eigenvalue weighted by Crippen LogP contribution is 2.28. The summed E-state index contributed by atoms with van der Waals surface area (Å²) in [6.45, 7) is 2.40. The van der Waals surface area contributed by atoms with Gasteiger partial charge in [0.05, 0.1) is 25.5 Å². The number of hydrogen-bond donors (Lipinski definition) is 0. The van der Waals surface area contributed by atoms with Crippen molar-refractivity contribution in [3.8, 4) is 22.8 Å². The van der Waals surface area contributed by atoms with Gasteiger partial charge in [-0.3, -0.25) is 4.79 Å². The molecule has 0 aliphatic carbocycles. The Labute approximate surface area is 181 Å². The van der Waals surface area contributed by atoms with Crippen LogP contribution in [0.2, 0.25) is 0 Å². The van der Waals surface area contributed by atoms with Crippen molar-refractivity contribution in [2.75, 3.05) is 27.5 Å². The lowest BCUT2D eigenvalue weighted by molar-refractivity contribution is 0.0784. The maximum Gasteiger partial charge on any atom is 0.257 e. The maximum absolute atomic E-state index is 13.3. The quantitative estimate of drug-likeness (QED) is 0.413. The van der Waals surface area contributed by atoms with Crippen LogP contribution in [0, 0.1) is 6.92 Å². The normalized spacial score (nSPS) is 10.6. The number of aryl methyl sites for hydroxylation is 1. The molecule has 0 bridgehead atoms. The number of carbonyl (C=O) groups is 1. The summed E-state index contributed by atoms with van der Waals surface area (Å²) in [6, 6.07) is 13.5. The number of amides is 1. The lowest BCUT2D eigenvalue weighted by Gasteiger charge is -2.20. The SMILES string of the molecule is COc1cc(CN(C)C(=O)c2cnc(SC)nc2-c2ccccc2C)cc(OC)c1. The molecule has 3 aromatic rings. The summed E-state index contributed by atoms with van der Waals surface area (Å²) in [5.74, 6) is 1.21. The summed E-state index contributed by atoms with van der Waals surface area (Å²) in [4.78, 5) is 24.0. The van der Waals surface area contributed by atoms with Gasteiger partial charge < -0.3 is 14.4 Å². The predicted octanol–water partition coefficient (Wildman–Crippen LogP) is 4.46. The Morgan fingerprint density at radius 3 is 2.37 bits per heavy atom. The second-order valence-electron chi connectivity index (χ2n) is 6.82. The molecule has 1 amide bonds. The summed E-state index contributed by atoms with van der Waals surface area (Å²) >= 11 is 1.45. The molecular weight excluding hydrogens is 398 g/mol. The number of aromatic nitrogens is 2. The highest BCUT2D eigenvalue weighted by Gasteiger charge is 2.21. The fourth-order valence-corrected chi connectivity index (χ4v) is 3.51. The Hall–Kier alpha value is -3.06. The minimum atomic E-state index is -0.150. The molecule has 1 heterocycles. The maximum atomic E-state index is 13.3. The van der Waals surface area contributed by atoms with Crippen LogP contribution >= 0.6 is 11.8 Å². The third-order valence-corrected chi connectivity index (χ3v) is 5.32. The Morgan fingerprint density at radius 2 is 1.77 bits per heavy atom. The first-order valence-electron chi connectivity index (χ1n) is 9.41. The van der Waals surface area contributed by atoms with E-state index in [1.807, 2.05) is 49.6 Å². The molecule has 0 spiro atoms. The van der Waals surface area contributed by atoms with Gasteiger partial charge in [-0.25, -0.2) is 9.97 Å². The first-order chi connectivity index (χ1) is 14.5. The first-order valence-corrected chi connectivity index (χ1v) is 10.6. The minimum Gasteiger partial charge on any atom is -0.497 e. The molecule has 0 fully saturated rings. The fraction of sp³-hybridized carbons (Fsp3) is 0.261. The summed E-state index contributed by atoms with van der Waals surface area (Å²) in [5.41, 5.74) is 4.00. The Morgan fingerprint density at radius 1 is 1.10 bits per heavy atom. The molecule has 0 atom stereocenters. The van der Waals surface area contributed by atoms with Crippen molar-refractivity contribution in [2.45, 2.75) is 18.6 Å². The van der Waals surface area contributed by atoms with Crippen LogP contribution in [0.15, 0.2) is 53.8 Å². The molecule has 0 radical (unpaired) electrons. The second kappa shape index (κ2) is 9.63. The molecular formula is C23H25N3O3S. The average Bonchev–Trinajstić information content (AvgIpc) is 2.78. The van der Waals surface area contributed by atoms with Crippen LogP contribution < -0.4 is 9.47 Å². The van der Waals surface area contributed by atoms with Crippen LogP contribution in [0.4, 0.5) is 0 Å². The first kappa shape index (κ1) is 21.6. The van der Waals surface area contributed by atoms with Gasteiger partial charge in [-0.05, 0) is 36.4 Å². The number of ether oxygens (including phenoxy) is 2. The number of rotatable bonds is 7. The lowest BCUT2D eigenvalue weighted by atomic mass is 10.0. The molecule has 0 N–H and O–H groups in total. The van der Waals surface area contributed by atoms with E-state index < -0.39 is 0 Å². The van der Waals surface area contributed by atoms with Gasteiger partial charge in [0.15, 0.2) is 5.16 Å². The molecule has 1 aromatic heterocycles. The van der Waals surface area contributed by atoms with Crippen molar-refractivity contribution < 1.29 is 14.3 Å². The fourth-order valence-electron chi connectivity index (χ4n) is 3.17. The number of hydrogen-bond acceptors (Lipinski definition) is 6. The molecule has 3 rings (SSSR count). The molecule has 6 nitrogen and oxygen atoms in total. The summed E-state index contributed by atoms with van der Waals surface area (Å²) in [6.07, 6.45) is 3.53. The van der Waals surface area contributed by atoms with Crippen molar-refractivity contribution in [3.63, 3.8) is 0 Å². The number of nitrogens with zero attached hydrogens (tertiary/aromatic N) is 3.